The predicted molar refractivity (Wildman–Crippen MR) is 65.8 cm³/mol. The molecule has 0 radical (unpaired) electrons. The van der Waals surface area contributed by atoms with Gasteiger partial charge in [0.05, 0.1) is 11.4 Å². The van der Waals surface area contributed by atoms with E-state index in [2.05, 4.69) is 15.9 Å². The molecule has 1 aromatic rings. The molecule has 2 rings (SSSR count). The van der Waals surface area contributed by atoms with E-state index in [4.69, 9.17) is 4.74 Å². The van der Waals surface area contributed by atoms with Gasteiger partial charge in [0, 0.05) is 0 Å². The van der Waals surface area contributed by atoms with E-state index in [-0.39, 0.29) is 23.4 Å². The van der Waals surface area contributed by atoms with Crippen LogP contribution < -0.4 is 0 Å². The second-order valence-electron chi connectivity index (χ2n) is 3.85. The maximum absolute atomic E-state index is 11.6. The number of cyclic esters (lactones) is 1. The minimum atomic E-state index is -0.573. The molecular formula is C12H12BrNO3. The molecule has 0 aromatic heterocycles. The molecule has 1 aliphatic rings. The van der Waals surface area contributed by atoms with Crippen molar-refractivity contribution in [1.82, 2.24) is 4.90 Å². The number of carbonyl (C=O) groups excluding carboxylic acids is 2. The van der Waals surface area contributed by atoms with Crippen molar-refractivity contribution in [3.63, 3.8) is 0 Å². The van der Waals surface area contributed by atoms with Crippen LogP contribution in [0.15, 0.2) is 30.3 Å². The van der Waals surface area contributed by atoms with Gasteiger partial charge in [-0.3, -0.25) is 4.79 Å². The number of alkyl halides is 1. The first kappa shape index (κ1) is 12.1. The van der Waals surface area contributed by atoms with E-state index < -0.39 is 6.09 Å². The summed E-state index contributed by atoms with van der Waals surface area (Å²) in [5, 5.41) is 0.119. The van der Waals surface area contributed by atoms with Gasteiger partial charge in [0.2, 0.25) is 5.91 Å². The van der Waals surface area contributed by atoms with Crippen molar-refractivity contribution >= 4 is 27.9 Å². The molecule has 0 saturated carbocycles. The van der Waals surface area contributed by atoms with Gasteiger partial charge in [-0.25, -0.2) is 9.69 Å². The van der Waals surface area contributed by atoms with Crippen LogP contribution in [0.5, 0.6) is 0 Å². The number of imide groups is 1. The Balaban J connectivity index is 2.24. The third-order valence-electron chi connectivity index (χ3n) is 2.78. The summed E-state index contributed by atoms with van der Waals surface area (Å²) < 4.78 is 5.24. The van der Waals surface area contributed by atoms with Crippen molar-refractivity contribution < 1.29 is 14.3 Å². The molecule has 17 heavy (non-hydrogen) atoms. The smallest absolute Gasteiger partial charge is 0.417 e. The molecular weight excluding hydrogens is 286 g/mol. The number of hydrogen-bond donors (Lipinski definition) is 0. The van der Waals surface area contributed by atoms with Gasteiger partial charge in [-0.05, 0) is 12.5 Å². The molecule has 0 spiro atoms. The zero-order chi connectivity index (χ0) is 12.4. The quantitative estimate of drug-likeness (QED) is 0.788. The molecule has 90 valence electrons. The van der Waals surface area contributed by atoms with Crippen LogP contribution in [0.2, 0.25) is 0 Å². The summed E-state index contributed by atoms with van der Waals surface area (Å²) in [6.45, 7) is 1.81. The first-order valence-corrected chi connectivity index (χ1v) is 6.41. The van der Waals surface area contributed by atoms with E-state index in [9.17, 15) is 9.59 Å². The fourth-order valence-corrected chi connectivity index (χ4v) is 2.22. The average molecular weight is 298 g/mol. The van der Waals surface area contributed by atoms with Gasteiger partial charge in [0.15, 0.2) is 0 Å². The Bertz CT molecular complexity index is 435. The summed E-state index contributed by atoms with van der Waals surface area (Å²) in [6.07, 6.45) is -0.956. The maximum atomic E-state index is 11.6. The van der Waals surface area contributed by atoms with Gasteiger partial charge < -0.3 is 4.74 Å². The van der Waals surface area contributed by atoms with Gasteiger partial charge in [-0.1, -0.05) is 46.3 Å². The standard InChI is InChI=1S/C12H12BrNO3/c1-8-11(9-5-3-2-4-6-9)17-12(16)14(8)10(15)7-13/h2-6,8,11H,7H2,1H3. The Labute approximate surface area is 108 Å². The second-order valence-corrected chi connectivity index (χ2v) is 4.41. The number of rotatable bonds is 2. The molecule has 1 fully saturated rings. The van der Waals surface area contributed by atoms with Gasteiger partial charge in [0.1, 0.15) is 6.10 Å². The highest BCUT2D eigenvalue weighted by Gasteiger charge is 2.42. The van der Waals surface area contributed by atoms with Crippen LogP contribution in [0, 0.1) is 0 Å². The van der Waals surface area contributed by atoms with E-state index in [1.807, 2.05) is 37.3 Å². The SMILES string of the molecule is CC1C(c2ccccc2)OC(=O)N1C(=O)CBr. The highest BCUT2D eigenvalue weighted by atomic mass is 79.9. The molecule has 0 aliphatic carbocycles. The Kier molecular flexibility index (Phi) is 3.47. The Morgan fingerprint density at radius 2 is 2.06 bits per heavy atom. The summed E-state index contributed by atoms with van der Waals surface area (Å²) >= 11 is 3.06. The molecule has 1 heterocycles. The van der Waals surface area contributed by atoms with E-state index in [0.717, 1.165) is 10.5 Å². The Morgan fingerprint density at radius 3 is 2.65 bits per heavy atom. The molecule has 5 heteroatoms. The van der Waals surface area contributed by atoms with Crippen molar-refractivity contribution in [3.05, 3.63) is 35.9 Å². The van der Waals surface area contributed by atoms with Crippen molar-refractivity contribution in [2.24, 2.45) is 0 Å². The fraction of sp³-hybridized carbons (Fsp3) is 0.333. The van der Waals surface area contributed by atoms with Crippen LogP contribution in [0.1, 0.15) is 18.6 Å². The molecule has 4 nitrogen and oxygen atoms in total. The topological polar surface area (TPSA) is 46.6 Å². The summed E-state index contributed by atoms with van der Waals surface area (Å²) in [5.74, 6) is -0.277. The summed E-state index contributed by atoms with van der Waals surface area (Å²) in [4.78, 5) is 24.4. The minimum Gasteiger partial charge on any atom is -0.439 e. The predicted octanol–water partition coefficient (Wildman–Crippen LogP) is 2.49. The molecule has 0 bridgehead atoms. The van der Waals surface area contributed by atoms with E-state index in [1.54, 1.807) is 0 Å². The molecule has 2 amide bonds. The average Bonchev–Trinajstić information content (AvgIpc) is 2.65. The van der Waals surface area contributed by atoms with Crippen LogP contribution >= 0.6 is 15.9 Å². The normalized spacial score (nSPS) is 23.6. The first-order valence-electron chi connectivity index (χ1n) is 5.28. The maximum Gasteiger partial charge on any atom is 0.417 e. The Morgan fingerprint density at radius 1 is 1.41 bits per heavy atom. The van der Waals surface area contributed by atoms with Crippen LogP contribution in [0.25, 0.3) is 0 Å². The summed E-state index contributed by atoms with van der Waals surface area (Å²) in [7, 11) is 0. The molecule has 1 saturated heterocycles. The van der Waals surface area contributed by atoms with E-state index in [1.165, 1.54) is 0 Å². The number of carbonyl (C=O) groups is 2. The number of halogens is 1. The summed E-state index contributed by atoms with van der Waals surface area (Å²) in [5.41, 5.74) is 0.901. The zero-order valence-corrected chi connectivity index (χ0v) is 10.9. The molecule has 1 aliphatic heterocycles. The van der Waals surface area contributed by atoms with Gasteiger partial charge >= 0.3 is 6.09 Å². The van der Waals surface area contributed by atoms with Crippen molar-refractivity contribution in [1.29, 1.82) is 0 Å². The summed E-state index contributed by atoms with van der Waals surface area (Å²) in [6, 6.07) is 9.14. The number of hydrogen-bond acceptors (Lipinski definition) is 3. The van der Waals surface area contributed by atoms with Crippen molar-refractivity contribution in [2.45, 2.75) is 19.1 Å². The lowest BCUT2D eigenvalue weighted by molar-refractivity contribution is -0.126. The van der Waals surface area contributed by atoms with Gasteiger partial charge in [-0.2, -0.15) is 0 Å². The molecule has 2 unspecified atom stereocenters. The minimum absolute atomic E-state index is 0.119. The van der Waals surface area contributed by atoms with E-state index in [0.29, 0.717) is 0 Å². The van der Waals surface area contributed by atoms with Crippen LogP contribution in [0.3, 0.4) is 0 Å². The zero-order valence-electron chi connectivity index (χ0n) is 9.30. The molecule has 1 aromatic carbocycles. The lowest BCUT2D eigenvalue weighted by atomic mass is 10.0. The first-order chi connectivity index (χ1) is 8.15. The number of amides is 2. The third kappa shape index (κ3) is 2.20. The van der Waals surface area contributed by atoms with Crippen LogP contribution in [-0.2, 0) is 9.53 Å². The third-order valence-corrected chi connectivity index (χ3v) is 3.26. The molecule has 0 N–H and O–H groups in total. The Hall–Kier alpha value is -1.36. The highest BCUT2D eigenvalue weighted by Crippen LogP contribution is 2.32. The fourth-order valence-electron chi connectivity index (χ4n) is 1.95. The number of benzene rings is 1. The second kappa shape index (κ2) is 4.87. The highest BCUT2D eigenvalue weighted by molar-refractivity contribution is 9.09. The van der Waals surface area contributed by atoms with E-state index >= 15 is 0 Å². The van der Waals surface area contributed by atoms with Crippen LogP contribution in [0.4, 0.5) is 4.79 Å². The monoisotopic (exact) mass is 297 g/mol. The lowest BCUT2D eigenvalue weighted by Gasteiger charge is -2.18. The van der Waals surface area contributed by atoms with Gasteiger partial charge in [0.25, 0.3) is 0 Å². The van der Waals surface area contributed by atoms with Crippen molar-refractivity contribution in [2.75, 3.05) is 5.33 Å². The number of nitrogens with zero attached hydrogens (tertiary/aromatic N) is 1. The molecule has 2 atom stereocenters. The van der Waals surface area contributed by atoms with Gasteiger partial charge in [-0.15, -0.1) is 0 Å². The van der Waals surface area contributed by atoms with Crippen molar-refractivity contribution in [3.8, 4) is 0 Å². The largest absolute Gasteiger partial charge is 0.439 e. The van der Waals surface area contributed by atoms with Crippen LogP contribution in [-0.4, -0.2) is 28.3 Å². The number of ether oxygens (including phenoxy) is 1. The lowest BCUT2D eigenvalue weighted by Crippen LogP contribution is -2.38.